The van der Waals surface area contributed by atoms with Crippen LogP contribution in [-0.2, 0) is 6.61 Å². The summed E-state index contributed by atoms with van der Waals surface area (Å²) in [4.78, 5) is 0. The fourth-order valence-corrected chi connectivity index (χ4v) is 2.29. The molecule has 112 valence electrons. The highest BCUT2D eigenvalue weighted by Crippen LogP contribution is 2.33. The Hall–Kier alpha value is -2.00. The van der Waals surface area contributed by atoms with Crippen LogP contribution in [0.25, 0.3) is 0 Å². The molecule has 0 amide bonds. The lowest BCUT2D eigenvalue weighted by Crippen LogP contribution is -2.12. The molecule has 3 nitrogen and oxygen atoms in total. The average molecular weight is 285 g/mol. The van der Waals surface area contributed by atoms with Crippen molar-refractivity contribution in [3.63, 3.8) is 0 Å². The number of benzene rings is 2. The Labute approximate surface area is 126 Å². The first kappa shape index (κ1) is 15.4. The van der Waals surface area contributed by atoms with Gasteiger partial charge in [-0.25, -0.2) is 0 Å². The lowest BCUT2D eigenvalue weighted by molar-refractivity contribution is 0.297. The molecule has 0 radical (unpaired) electrons. The van der Waals surface area contributed by atoms with Crippen LogP contribution < -0.4 is 15.2 Å². The number of nitrogens with two attached hydrogens (primary N) is 1. The van der Waals surface area contributed by atoms with Crippen LogP contribution in [0.5, 0.6) is 11.5 Å². The third kappa shape index (κ3) is 3.76. The van der Waals surface area contributed by atoms with Crippen LogP contribution >= 0.6 is 0 Å². The van der Waals surface area contributed by atoms with Gasteiger partial charge in [-0.3, -0.25) is 0 Å². The third-order valence-electron chi connectivity index (χ3n) is 3.58. The lowest BCUT2D eigenvalue weighted by atomic mass is 10.0. The van der Waals surface area contributed by atoms with Crippen molar-refractivity contribution < 1.29 is 9.47 Å². The molecule has 2 aromatic carbocycles. The maximum absolute atomic E-state index is 6.01. The highest BCUT2D eigenvalue weighted by Gasteiger charge is 2.12. The number of ether oxygens (including phenoxy) is 2. The molecule has 0 saturated heterocycles. The SMILES string of the molecule is Cc1cc(OCCN)c(C)c(C)c1OCc1ccccc1. The maximum Gasteiger partial charge on any atom is 0.126 e. The van der Waals surface area contributed by atoms with Crippen molar-refractivity contribution in [2.45, 2.75) is 27.4 Å². The van der Waals surface area contributed by atoms with Crippen LogP contribution in [0.1, 0.15) is 22.3 Å². The molecule has 0 spiro atoms. The fraction of sp³-hybridized carbons (Fsp3) is 0.333. The number of aryl methyl sites for hydroxylation is 1. The van der Waals surface area contributed by atoms with Crippen LogP contribution in [0.15, 0.2) is 36.4 Å². The second-order valence-corrected chi connectivity index (χ2v) is 5.18. The van der Waals surface area contributed by atoms with Crippen molar-refractivity contribution in [2.75, 3.05) is 13.2 Å². The van der Waals surface area contributed by atoms with E-state index in [0.717, 1.165) is 33.8 Å². The summed E-state index contributed by atoms with van der Waals surface area (Å²) in [5.41, 5.74) is 9.97. The van der Waals surface area contributed by atoms with Crippen LogP contribution in [0, 0.1) is 20.8 Å². The minimum absolute atomic E-state index is 0.518. The molecule has 0 bridgehead atoms. The number of rotatable bonds is 6. The zero-order chi connectivity index (χ0) is 15.2. The maximum atomic E-state index is 6.01. The Bertz CT molecular complexity index is 594. The summed E-state index contributed by atoms with van der Waals surface area (Å²) in [5.74, 6) is 1.83. The molecule has 0 heterocycles. The van der Waals surface area contributed by atoms with Gasteiger partial charge in [-0.2, -0.15) is 0 Å². The van der Waals surface area contributed by atoms with E-state index in [2.05, 4.69) is 26.0 Å². The Balaban J connectivity index is 2.18. The van der Waals surface area contributed by atoms with E-state index in [9.17, 15) is 0 Å². The first-order valence-corrected chi connectivity index (χ1v) is 7.24. The van der Waals surface area contributed by atoms with Crippen LogP contribution in [0.3, 0.4) is 0 Å². The summed E-state index contributed by atoms with van der Waals surface area (Å²) >= 11 is 0. The summed E-state index contributed by atoms with van der Waals surface area (Å²) in [6.45, 7) is 7.79. The molecule has 0 aromatic heterocycles. The lowest BCUT2D eigenvalue weighted by Gasteiger charge is -2.17. The summed E-state index contributed by atoms with van der Waals surface area (Å²) in [6, 6.07) is 12.2. The van der Waals surface area contributed by atoms with Crippen molar-refractivity contribution in [1.29, 1.82) is 0 Å². The summed E-state index contributed by atoms with van der Waals surface area (Å²) < 4.78 is 11.7. The van der Waals surface area contributed by atoms with E-state index in [-0.39, 0.29) is 0 Å². The van der Waals surface area contributed by atoms with Gasteiger partial charge in [-0.1, -0.05) is 30.3 Å². The molecule has 0 saturated carbocycles. The Morgan fingerprint density at radius 3 is 2.33 bits per heavy atom. The van der Waals surface area contributed by atoms with Crippen LogP contribution in [-0.4, -0.2) is 13.2 Å². The smallest absolute Gasteiger partial charge is 0.126 e. The number of hydrogen-bond acceptors (Lipinski definition) is 3. The van der Waals surface area contributed by atoms with Gasteiger partial charge in [-0.05, 0) is 49.1 Å². The van der Waals surface area contributed by atoms with Crippen LogP contribution in [0.4, 0.5) is 0 Å². The molecule has 0 aliphatic rings. The zero-order valence-corrected chi connectivity index (χ0v) is 13.0. The second kappa shape index (κ2) is 7.14. The summed E-state index contributed by atoms with van der Waals surface area (Å²) in [7, 11) is 0. The van der Waals surface area contributed by atoms with Crippen molar-refractivity contribution in [1.82, 2.24) is 0 Å². The summed E-state index contributed by atoms with van der Waals surface area (Å²) in [6.07, 6.45) is 0. The van der Waals surface area contributed by atoms with Crippen molar-refractivity contribution >= 4 is 0 Å². The molecular formula is C18H23NO2. The molecule has 21 heavy (non-hydrogen) atoms. The summed E-state index contributed by atoms with van der Waals surface area (Å²) in [5, 5.41) is 0. The highest BCUT2D eigenvalue weighted by molar-refractivity contribution is 5.52. The Morgan fingerprint density at radius 2 is 1.67 bits per heavy atom. The standard InChI is InChI=1S/C18H23NO2/c1-13-11-17(20-10-9-19)14(2)15(3)18(13)21-12-16-7-5-4-6-8-16/h4-8,11H,9-10,12,19H2,1-3H3. The van der Waals surface area contributed by atoms with Crippen LogP contribution in [0.2, 0.25) is 0 Å². The first-order chi connectivity index (χ1) is 10.1. The quantitative estimate of drug-likeness (QED) is 0.883. The molecule has 2 aromatic rings. The van der Waals surface area contributed by atoms with E-state index in [1.54, 1.807) is 0 Å². The van der Waals surface area contributed by atoms with Crippen molar-refractivity contribution in [3.05, 3.63) is 58.7 Å². The van der Waals surface area contributed by atoms with Gasteiger partial charge >= 0.3 is 0 Å². The van der Waals surface area contributed by atoms with Gasteiger partial charge in [0.2, 0.25) is 0 Å². The molecule has 0 fully saturated rings. The van der Waals surface area contributed by atoms with Gasteiger partial charge < -0.3 is 15.2 Å². The highest BCUT2D eigenvalue weighted by atomic mass is 16.5. The van der Waals surface area contributed by atoms with E-state index in [0.29, 0.717) is 19.8 Å². The molecule has 0 aliphatic carbocycles. The largest absolute Gasteiger partial charge is 0.492 e. The van der Waals surface area contributed by atoms with Gasteiger partial charge in [0.05, 0.1) is 0 Å². The van der Waals surface area contributed by atoms with Gasteiger partial charge in [0.15, 0.2) is 0 Å². The minimum atomic E-state index is 0.518. The van der Waals surface area contributed by atoms with E-state index >= 15 is 0 Å². The zero-order valence-electron chi connectivity index (χ0n) is 13.0. The van der Waals surface area contributed by atoms with E-state index in [1.807, 2.05) is 31.2 Å². The Morgan fingerprint density at radius 1 is 0.952 bits per heavy atom. The van der Waals surface area contributed by atoms with Crippen molar-refractivity contribution in [3.8, 4) is 11.5 Å². The minimum Gasteiger partial charge on any atom is -0.492 e. The molecular weight excluding hydrogens is 262 g/mol. The van der Waals surface area contributed by atoms with E-state index in [4.69, 9.17) is 15.2 Å². The molecule has 3 heteroatoms. The normalized spacial score (nSPS) is 10.5. The molecule has 0 unspecified atom stereocenters. The topological polar surface area (TPSA) is 44.5 Å². The molecule has 2 N–H and O–H groups in total. The van der Waals surface area contributed by atoms with Gasteiger partial charge in [0.1, 0.15) is 24.7 Å². The van der Waals surface area contributed by atoms with E-state index < -0.39 is 0 Å². The fourth-order valence-electron chi connectivity index (χ4n) is 2.29. The van der Waals surface area contributed by atoms with Gasteiger partial charge in [-0.15, -0.1) is 0 Å². The van der Waals surface area contributed by atoms with Crippen molar-refractivity contribution in [2.24, 2.45) is 5.73 Å². The average Bonchev–Trinajstić information content (AvgIpc) is 2.50. The molecule has 2 rings (SSSR count). The predicted octanol–water partition coefficient (Wildman–Crippen LogP) is 3.53. The Kier molecular flexibility index (Phi) is 5.23. The number of hydrogen-bond donors (Lipinski definition) is 1. The van der Waals surface area contributed by atoms with E-state index in [1.165, 1.54) is 0 Å². The first-order valence-electron chi connectivity index (χ1n) is 7.24. The second-order valence-electron chi connectivity index (χ2n) is 5.18. The predicted molar refractivity (Wildman–Crippen MR) is 86.0 cm³/mol. The van der Waals surface area contributed by atoms with Gasteiger partial charge in [0, 0.05) is 6.54 Å². The van der Waals surface area contributed by atoms with Gasteiger partial charge in [0.25, 0.3) is 0 Å². The molecule has 0 atom stereocenters. The monoisotopic (exact) mass is 285 g/mol. The third-order valence-corrected chi connectivity index (χ3v) is 3.58. The molecule has 0 aliphatic heterocycles.